The zero-order valence-electron chi connectivity index (χ0n) is 13.9. The van der Waals surface area contributed by atoms with Crippen molar-refractivity contribution in [3.8, 4) is 0 Å². The van der Waals surface area contributed by atoms with E-state index in [1.807, 2.05) is 24.3 Å². The number of benzene rings is 2. The quantitative estimate of drug-likeness (QED) is 0.247. The number of hydrogen-bond donors (Lipinski definition) is 0. The van der Waals surface area contributed by atoms with Crippen LogP contribution in [0.1, 0.15) is 11.1 Å². The summed E-state index contributed by atoms with van der Waals surface area (Å²) in [6, 6.07) is 12.5. The van der Waals surface area contributed by atoms with Gasteiger partial charge in [0.2, 0.25) is 0 Å². The molecule has 1 aromatic heterocycles. The lowest BCUT2D eigenvalue weighted by molar-refractivity contribution is -0.785. The van der Waals surface area contributed by atoms with E-state index >= 15 is 0 Å². The normalized spacial score (nSPS) is 13.1. The predicted molar refractivity (Wildman–Crippen MR) is 111 cm³/mol. The van der Waals surface area contributed by atoms with Crippen LogP contribution in [0.25, 0.3) is 0 Å². The number of nitrogens with zero attached hydrogens (tertiary/aromatic N) is 3. The van der Waals surface area contributed by atoms with E-state index in [1.54, 1.807) is 41.5 Å². The van der Waals surface area contributed by atoms with E-state index < -0.39 is 10.7 Å². The van der Waals surface area contributed by atoms with E-state index in [0.29, 0.717) is 21.2 Å². The molecular formula is C18H14Cl2IN3O3. The van der Waals surface area contributed by atoms with Gasteiger partial charge in [0.25, 0.3) is 5.09 Å². The van der Waals surface area contributed by atoms with Crippen molar-refractivity contribution in [2.75, 3.05) is 0 Å². The largest absolute Gasteiger partial charge is 0.335 e. The molecule has 0 saturated heterocycles. The molecule has 0 spiro atoms. The molecule has 1 atom stereocenters. The van der Waals surface area contributed by atoms with Crippen molar-refractivity contribution in [3.63, 3.8) is 0 Å². The Kier molecular flexibility index (Phi) is 6.23. The summed E-state index contributed by atoms with van der Waals surface area (Å²) < 4.78 is 2.75. The zero-order valence-corrected chi connectivity index (χ0v) is 17.6. The van der Waals surface area contributed by atoms with E-state index in [-0.39, 0.29) is 13.0 Å². The Morgan fingerprint density at radius 3 is 2.56 bits per heavy atom. The van der Waals surface area contributed by atoms with Crippen molar-refractivity contribution in [2.45, 2.75) is 18.6 Å². The van der Waals surface area contributed by atoms with Gasteiger partial charge in [0.05, 0.1) is 12.9 Å². The van der Waals surface area contributed by atoms with Crippen LogP contribution in [-0.2, 0) is 23.4 Å². The molecular weight excluding hydrogens is 504 g/mol. The third-order valence-corrected chi connectivity index (χ3v) is 5.41. The summed E-state index contributed by atoms with van der Waals surface area (Å²) in [7, 11) is 0. The van der Waals surface area contributed by atoms with Gasteiger partial charge < -0.3 is 9.40 Å². The smallest absolute Gasteiger partial charge is 0.295 e. The molecule has 0 N–H and O–H groups in total. The van der Waals surface area contributed by atoms with Crippen molar-refractivity contribution < 1.29 is 9.92 Å². The highest BCUT2D eigenvalue weighted by Gasteiger charge is 2.38. The summed E-state index contributed by atoms with van der Waals surface area (Å²) in [5, 5.41) is 11.6. The minimum Gasteiger partial charge on any atom is -0.335 e. The summed E-state index contributed by atoms with van der Waals surface area (Å²) in [6.07, 6.45) is 5.12. The van der Waals surface area contributed by atoms with Gasteiger partial charge in [-0.3, -0.25) is 0 Å². The molecule has 9 heteroatoms. The molecule has 0 amide bonds. The van der Waals surface area contributed by atoms with Crippen LogP contribution in [0, 0.1) is 13.7 Å². The number of rotatable bonds is 7. The molecule has 27 heavy (non-hydrogen) atoms. The van der Waals surface area contributed by atoms with Gasteiger partial charge in [-0.05, 0) is 58.0 Å². The van der Waals surface area contributed by atoms with Crippen LogP contribution >= 0.6 is 45.8 Å². The second-order valence-corrected chi connectivity index (χ2v) is 8.05. The Morgan fingerprint density at radius 2 is 1.96 bits per heavy atom. The molecule has 3 rings (SSSR count). The molecule has 0 radical (unpaired) electrons. The summed E-state index contributed by atoms with van der Waals surface area (Å²) in [5.74, 6) is 0. The fraction of sp³-hybridized carbons (Fsp3) is 0.167. The van der Waals surface area contributed by atoms with E-state index in [0.717, 1.165) is 3.57 Å². The molecule has 2 aromatic carbocycles. The second-order valence-electron chi connectivity index (χ2n) is 5.96. The second kappa shape index (κ2) is 8.45. The first-order chi connectivity index (χ1) is 12.9. The van der Waals surface area contributed by atoms with Gasteiger partial charge in [-0.25, -0.2) is 4.98 Å². The fourth-order valence-corrected chi connectivity index (χ4v) is 3.74. The van der Waals surface area contributed by atoms with E-state index in [9.17, 15) is 10.1 Å². The van der Waals surface area contributed by atoms with Crippen LogP contribution in [0.2, 0.25) is 10.0 Å². The van der Waals surface area contributed by atoms with Gasteiger partial charge in [-0.15, -0.1) is 10.1 Å². The molecule has 6 nitrogen and oxygen atoms in total. The van der Waals surface area contributed by atoms with Crippen LogP contribution in [0.15, 0.2) is 61.2 Å². The average Bonchev–Trinajstić information content (AvgIpc) is 3.10. The highest BCUT2D eigenvalue weighted by Crippen LogP contribution is 2.35. The monoisotopic (exact) mass is 517 g/mol. The standard InChI is InChI=1S/C18H14Cl2IN3O3/c19-15-4-1-13(17(20)9-15)10-18(27-24(25)26,11-23-8-7-22-12-23)14-2-5-16(21)6-3-14/h1-9,12H,10-11H2. The number of hydrogen-bond acceptors (Lipinski definition) is 4. The lowest BCUT2D eigenvalue weighted by atomic mass is 9.86. The van der Waals surface area contributed by atoms with Crippen molar-refractivity contribution in [1.29, 1.82) is 0 Å². The first-order valence-corrected chi connectivity index (χ1v) is 9.71. The minimum atomic E-state index is -1.29. The summed E-state index contributed by atoms with van der Waals surface area (Å²) >= 11 is 14.5. The van der Waals surface area contributed by atoms with Gasteiger partial charge in [-0.1, -0.05) is 41.4 Å². The third-order valence-electron chi connectivity index (χ3n) is 4.11. The Morgan fingerprint density at radius 1 is 1.22 bits per heavy atom. The molecule has 1 heterocycles. The van der Waals surface area contributed by atoms with Gasteiger partial charge in [0, 0.05) is 32.4 Å². The van der Waals surface area contributed by atoms with Crippen LogP contribution in [-0.4, -0.2) is 14.6 Å². The molecule has 0 fully saturated rings. The molecule has 0 aliphatic carbocycles. The molecule has 0 aliphatic heterocycles. The first kappa shape index (κ1) is 19.9. The Labute approximate surface area is 179 Å². The number of aromatic nitrogens is 2. The summed E-state index contributed by atoms with van der Waals surface area (Å²) in [4.78, 5) is 20.7. The van der Waals surface area contributed by atoms with Gasteiger partial charge in [-0.2, -0.15) is 0 Å². The SMILES string of the molecule is O=[N+]([O-])OC(Cc1ccc(Cl)cc1Cl)(Cn1ccnc1)c1ccc(I)cc1. The van der Waals surface area contributed by atoms with Crippen molar-refractivity contribution in [2.24, 2.45) is 0 Å². The topological polar surface area (TPSA) is 70.2 Å². The predicted octanol–water partition coefficient (Wildman–Crippen LogP) is 5.14. The number of halogens is 3. The van der Waals surface area contributed by atoms with Crippen molar-refractivity contribution >= 4 is 45.8 Å². The summed E-state index contributed by atoms with van der Waals surface area (Å²) in [5.41, 5.74) is 0.0763. The van der Waals surface area contributed by atoms with Crippen molar-refractivity contribution in [1.82, 2.24) is 9.55 Å². The van der Waals surface area contributed by atoms with E-state index in [1.165, 1.54) is 0 Å². The average molecular weight is 518 g/mol. The lowest BCUT2D eigenvalue weighted by Crippen LogP contribution is -2.39. The minimum absolute atomic E-state index is 0.183. The highest BCUT2D eigenvalue weighted by atomic mass is 127. The maximum atomic E-state index is 11.4. The van der Waals surface area contributed by atoms with Gasteiger partial charge in [0.15, 0.2) is 5.60 Å². The zero-order chi connectivity index (χ0) is 19.4. The van der Waals surface area contributed by atoms with E-state index in [4.69, 9.17) is 28.0 Å². The molecule has 0 aliphatic rings. The van der Waals surface area contributed by atoms with Gasteiger partial charge >= 0.3 is 0 Å². The molecule has 1 unspecified atom stereocenters. The molecule has 0 bridgehead atoms. The fourth-order valence-electron chi connectivity index (χ4n) is 2.91. The molecule has 0 saturated carbocycles. The number of imidazole rings is 1. The Hall–Kier alpha value is -1.84. The van der Waals surface area contributed by atoms with Crippen molar-refractivity contribution in [3.05, 3.63) is 96.0 Å². The van der Waals surface area contributed by atoms with Gasteiger partial charge in [0.1, 0.15) is 0 Å². The van der Waals surface area contributed by atoms with Crippen LogP contribution in [0.4, 0.5) is 0 Å². The van der Waals surface area contributed by atoms with Crippen LogP contribution in [0.3, 0.4) is 0 Å². The Bertz CT molecular complexity index is 936. The van der Waals surface area contributed by atoms with E-state index in [2.05, 4.69) is 27.6 Å². The maximum Gasteiger partial charge on any atom is 0.295 e. The third kappa shape index (κ3) is 4.91. The van der Waals surface area contributed by atoms with Crippen LogP contribution < -0.4 is 0 Å². The maximum absolute atomic E-state index is 11.4. The Balaban J connectivity index is 2.11. The molecule has 3 aromatic rings. The summed E-state index contributed by atoms with van der Waals surface area (Å²) in [6.45, 7) is 0.188. The lowest BCUT2D eigenvalue weighted by Gasteiger charge is -2.33. The molecule has 140 valence electrons. The van der Waals surface area contributed by atoms with Crippen LogP contribution in [0.5, 0.6) is 0 Å². The first-order valence-electron chi connectivity index (χ1n) is 7.87. The highest BCUT2D eigenvalue weighted by molar-refractivity contribution is 14.1.